The summed E-state index contributed by atoms with van der Waals surface area (Å²) in [6, 6.07) is 4.73. The van der Waals surface area contributed by atoms with Gasteiger partial charge in [0, 0.05) is 11.1 Å². The predicted molar refractivity (Wildman–Crippen MR) is 76.0 cm³/mol. The lowest BCUT2D eigenvalue weighted by atomic mass is 10.1. The Morgan fingerprint density at radius 2 is 2.26 bits per heavy atom. The Morgan fingerprint density at radius 3 is 2.89 bits per heavy atom. The zero-order valence-corrected chi connectivity index (χ0v) is 12.7. The molecule has 0 aliphatic carbocycles. The van der Waals surface area contributed by atoms with E-state index in [1.165, 1.54) is 6.07 Å². The van der Waals surface area contributed by atoms with Crippen LogP contribution in [0.3, 0.4) is 0 Å². The molecule has 1 aromatic rings. The molecule has 4 nitrogen and oxygen atoms in total. The smallest absolute Gasteiger partial charge is 0.336 e. The molecule has 2 unspecified atom stereocenters. The van der Waals surface area contributed by atoms with Crippen LogP contribution < -0.4 is 0 Å². The number of carboxylic acids is 1. The second kappa shape index (κ2) is 6.63. The maximum atomic E-state index is 12.3. The fraction of sp³-hybridized carbons (Fsp3) is 0.462. The van der Waals surface area contributed by atoms with Crippen LogP contribution in [0, 0.1) is 0 Å². The van der Waals surface area contributed by atoms with Crippen LogP contribution in [0.1, 0.15) is 29.6 Å². The van der Waals surface area contributed by atoms with Crippen LogP contribution in [0.5, 0.6) is 0 Å². The molecule has 1 heterocycles. The number of rotatable bonds is 4. The summed E-state index contributed by atoms with van der Waals surface area (Å²) in [5.41, 5.74) is 0.0948. The molecule has 2 rings (SSSR count). The van der Waals surface area contributed by atoms with Crippen molar-refractivity contribution in [2.45, 2.75) is 30.3 Å². The van der Waals surface area contributed by atoms with Crippen LogP contribution in [-0.2, 0) is 15.5 Å². The van der Waals surface area contributed by atoms with Crippen molar-refractivity contribution in [2.24, 2.45) is 0 Å². The van der Waals surface area contributed by atoms with Crippen molar-refractivity contribution in [1.29, 1.82) is 0 Å². The Bertz CT molecular complexity index is 497. The topological polar surface area (TPSA) is 63.6 Å². The molecule has 2 atom stereocenters. The monoisotopic (exact) mass is 346 g/mol. The molecule has 1 aliphatic heterocycles. The molecule has 19 heavy (non-hydrogen) atoms. The zero-order chi connectivity index (χ0) is 13.8. The molecule has 0 amide bonds. The third-order valence-corrected chi connectivity index (χ3v) is 5.03. The van der Waals surface area contributed by atoms with Gasteiger partial charge in [-0.05, 0) is 37.5 Å². The predicted octanol–water partition coefficient (Wildman–Crippen LogP) is 2.82. The van der Waals surface area contributed by atoms with Crippen LogP contribution in [0.2, 0.25) is 0 Å². The van der Waals surface area contributed by atoms with Gasteiger partial charge in [0.1, 0.15) is 0 Å². The summed E-state index contributed by atoms with van der Waals surface area (Å²) in [7, 11) is -1.36. The van der Waals surface area contributed by atoms with Gasteiger partial charge in [0.15, 0.2) is 0 Å². The first-order valence-corrected chi connectivity index (χ1v) is 8.22. The Kier molecular flexibility index (Phi) is 5.13. The minimum Gasteiger partial charge on any atom is -0.478 e. The summed E-state index contributed by atoms with van der Waals surface area (Å²) in [6.45, 7) is 0.701. The maximum Gasteiger partial charge on any atom is 0.336 e. The van der Waals surface area contributed by atoms with E-state index in [9.17, 15) is 9.00 Å². The van der Waals surface area contributed by atoms with E-state index in [4.69, 9.17) is 9.84 Å². The number of hydrogen-bond acceptors (Lipinski definition) is 3. The molecule has 1 saturated heterocycles. The van der Waals surface area contributed by atoms with Gasteiger partial charge in [-0.25, -0.2) is 4.79 Å². The van der Waals surface area contributed by atoms with E-state index in [2.05, 4.69) is 15.9 Å². The lowest BCUT2D eigenvalue weighted by Crippen LogP contribution is -2.25. The SMILES string of the molecule is O=C(O)c1ccc(Br)cc1S(=O)CC1CCCCO1. The number of benzene rings is 1. The number of hydrogen-bond donors (Lipinski definition) is 1. The maximum absolute atomic E-state index is 12.3. The first-order valence-electron chi connectivity index (χ1n) is 6.11. The Labute approximate surface area is 122 Å². The molecule has 0 spiro atoms. The molecule has 0 radical (unpaired) electrons. The van der Waals surface area contributed by atoms with Crippen molar-refractivity contribution in [2.75, 3.05) is 12.4 Å². The second-order valence-electron chi connectivity index (χ2n) is 4.45. The van der Waals surface area contributed by atoms with Crippen molar-refractivity contribution in [3.05, 3.63) is 28.2 Å². The van der Waals surface area contributed by atoms with Gasteiger partial charge in [-0.15, -0.1) is 0 Å². The molecule has 0 saturated carbocycles. The van der Waals surface area contributed by atoms with Gasteiger partial charge in [0.25, 0.3) is 0 Å². The molecule has 1 aromatic carbocycles. The van der Waals surface area contributed by atoms with Crippen molar-refractivity contribution in [3.63, 3.8) is 0 Å². The highest BCUT2D eigenvalue weighted by Crippen LogP contribution is 2.22. The molecule has 1 N–H and O–H groups in total. The molecule has 1 fully saturated rings. The van der Waals surface area contributed by atoms with Crippen LogP contribution in [-0.4, -0.2) is 33.7 Å². The summed E-state index contributed by atoms with van der Waals surface area (Å²) in [4.78, 5) is 11.5. The largest absolute Gasteiger partial charge is 0.478 e. The van der Waals surface area contributed by atoms with Gasteiger partial charge in [-0.1, -0.05) is 15.9 Å². The van der Waals surface area contributed by atoms with Gasteiger partial charge in [-0.2, -0.15) is 0 Å². The summed E-state index contributed by atoms with van der Waals surface area (Å²) in [5, 5.41) is 9.13. The van der Waals surface area contributed by atoms with E-state index in [1.54, 1.807) is 12.1 Å². The Morgan fingerprint density at radius 1 is 1.47 bits per heavy atom. The average molecular weight is 347 g/mol. The third-order valence-electron chi connectivity index (χ3n) is 3.03. The van der Waals surface area contributed by atoms with Gasteiger partial charge < -0.3 is 9.84 Å². The minimum absolute atomic E-state index is 0.0322. The fourth-order valence-corrected chi connectivity index (χ4v) is 4.01. The van der Waals surface area contributed by atoms with E-state index < -0.39 is 16.8 Å². The van der Waals surface area contributed by atoms with Gasteiger partial charge in [0.05, 0.1) is 33.1 Å². The normalized spacial score (nSPS) is 21.0. The van der Waals surface area contributed by atoms with E-state index in [0.29, 0.717) is 17.3 Å². The highest BCUT2D eigenvalue weighted by atomic mass is 79.9. The molecule has 1 aliphatic rings. The molecule has 6 heteroatoms. The number of halogens is 1. The summed E-state index contributed by atoms with van der Waals surface area (Å²) >= 11 is 3.28. The van der Waals surface area contributed by atoms with Crippen LogP contribution in [0.25, 0.3) is 0 Å². The fourth-order valence-electron chi connectivity index (χ4n) is 2.06. The molecule has 0 bridgehead atoms. The number of carbonyl (C=O) groups is 1. The summed E-state index contributed by atoms with van der Waals surface area (Å²) < 4.78 is 18.6. The van der Waals surface area contributed by atoms with Gasteiger partial charge >= 0.3 is 5.97 Å². The summed E-state index contributed by atoms with van der Waals surface area (Å²) in [5.74, 6) is -0.697. The number of aromatic carboxylic acids is 1. The van der Waals surface area contributed by atoms with E-state index in [-0.39, 0.29) is 11.7 Å². The summed E-state index contributed by atoms with van der Waals surface area (Å²) in [6.07, 6.45) is 2.98. The first-order chi connectivity index (χ1) is 9.08. The third kappa shape index (κ3) is 3.87. The lowest BCUT2D eigenvalue weighted by molar-refractivity contribution is 0.0310. The molecule has 104 valence electrons. The van der Waals surface area contributed by atoms with Crippen molar-refractivity contribution >= 4 is 32.7 Å². The Hall–Kier alpha value is -0.720. The van der Waals surface area contributed by atoms with Crippen LogP contribution >= 0.6 is 15.9 Å². The van der Waals surface area contributed by atoms with Crippen molar-refractivity contribution in [1.82, 2.24) is 0 Å². The van der Waals surface area contributed by atoms with Crippen molar-refractivity contribution < 1.29 is 18.8 Å². The number of ether oxygens (including phenoxy) is 1. The van der Waals surface area contributed by atoms with Crippen LogP contribution in [0.4, 0.5) is 0 Å². The van der Waals surface area contributed by atoms with E-state index in [1.807, 2.05) is 0 Å². The van der Waals surface area contributed by atoms with E-state index >= 15 is 0 Å². The minimum atomic E-state index is -1.36. The highest BCUT2D eigenvalue weighted by molar-refractivity contribution is 9.10. The molecular weight excluding hydrogens is 332 g/mol. The average Bonchev–Trinajstić information content (AvgIpc) is 2.39. The highest BCUT2D eigenvalue weighted by Gasteiger charge is 2.21. The first kappa shape index (κ1) is 14.7. The van der Waals surface area contributed by atoms with Crippen molar-refractivity contribution in [3.8, 4) is 0 Å². The van der Waals surface area contributed by atoms with Gasteiger partial charge in [0.2, 0.25) is 0 Å². The standard InChI is InChI=1S/C13H15BrO4S/c14-9-4-5-11(13(15)16)12(7-9)19(17)8-10-3-1-2-6-18-10/h4-5,7,10H,1-3,6,8H2,(H,15,16). The van der Waals surface area contributed by atoms with Crippen LogP contribution in [0.15, 0.2) is 27.6 Å². The van der Waals surface area contributed by atoms with Gasteiger partial charge in [-0.3, -0.25) is 4.21 Å². The van der Waals surface area contributed by atoms with E-state index in [0.717, 1.165) is 23.7 Å². The lowest BCUT2D eigenvalue weighted by Gasteiger charge is -2.22. The Balaban J connectivity index is 2.17. The quantitative estimate of drug-likeness (QED) is 0.910. The zero-order valence-electron chi connectivity index (χ0n) is 10.3. The molecule has 0 aromatic heterocycles. The number of carboxylic acid groups (broad SMARTS) is 1. The second-order valence-corrected chi connectivity index (χ2v) is 6.83. The molecular formula is C13H15BrO4S.